The molecule has 8 nitrogen and oxygen atoms in total. The molecule has 2 aromatic heterocycles. The monoisotopic (exact) mass is 385 g/mol. The van der Waals surface area contributed by atoms with Crippen LogP contribution in [0.5, 0.6) is 5.75 Å². The highest BCUT2D eigenvalue weighted by atomic mass is 16.5. The molecule has 0 aliphatic heterocycles. The normalized spacial score (nSPS) is 10.9. The predicted octanol–water partition coefficient (Wildman–Crippen LogP) is 3.84. The van der Waals surface area contributed by atoms with Crippen LogP contribution < -0.4 is 4.74 Å². The summed E-state index contributed by atoms with van der Waals surface area (Å²) < 4.78 is 21.1. The summed E-state index contributed by atoms with van der Waals surface area (Å²) in [5.41, 5.74) is 3.09. The van der Waals surface area contributed by atoms with E-state index in [0.29, 0.717) is 37.1 Å². The van der Waals surface area contributed by atoms with Gasteiger partial charge in [-0.1, -0.05) is 10.3 Å². The van der Waals surface area contributed by atoms with Crippen molar-refractivity contribution in [3.8, 4) is 17.1 Å². The third-order valence-corrected chi connectivity index (χ3v) is 4.10. The van der Waals surface area contributed by atoms with Crippen LogP contribution in [0.4, 0.5) is 0 Å². The average Bonchev–Trinajstić information content (AvgIpc) is 3.29. The molecule has 0 radical (unpaired) electrons. The first kappa shape index (κ1) is 19.6. The van der Waals surface area contributed by atoms with Gasteiger partial charge in [-0.3, -0.25) is 0 Å². The second kappa shape index (κ2) is 8.69. The van der Waals surface area contributed by atoms with Gasteiger partial charge in [0, 0.05) is 25.0 Å². The van der Waals surface area contributed by atoms with Crippen molar-refractivity contribution in [3.05, 3.63) is 46.7 Å². The molecule has 0 amide bonds. The topological polar surface area (TPSA) is 100 Å². The number of carbonyl (C=O) groups is 1. The van der Waals surface area contributed by atoms with E-state index in [9.17, 15) is 4.79 Å². The van der Waals surface area contributed by atoms with Crippen LogP contribution in [0.2, 0.25) is 0 Å². The number of benzene rings is 1. The number of rotatable bonds is 8. The Morgan fingerprint density at radius 1 is 1.07 bits per heavy atom. The summed E-state index contributed by atoms with van der Waals surface area (Å²) in [6.45, 7) is 8.30. The zero-order valence-electron chi connectivity index (χ0n) is 16.4. The molecule has 3 aromatic rings. The third-order valence-electron chi connectivity index (χ3n) is 4.10. The van der Waals surface area contributed by atoms with Crippen molar-refractivity contribution < 1.29 is 23.3 Å². The Morgan fingerprint density at radius 3 is 2.46 bits per heavy atom. The maximum atomic E-state index is 11.6. The first-order chi connectivity index (χ1) is 13.5. The largest absolute Gasteiger partial charge is 0.493 e. The van der Waals surface area contributed by atoms with Crippen molar-refractivity contribution in [1.29, 1.82) is 0 Å². The van der Waals surface area contributed by atoms with Gasteiger partial charge in [0.2, 0.25) is 11.7 Å². The number of nitrogens with zero attached hydrogens (tertiary/aromatic N) is 3. The SMILES string of the molecule is CCOC(=O)c1cc(CCCOc2c(C)cc(-c3noc(C)n3)cc2C)on1. The minimum atomic E-state index is -0.475. The van der Waals surface area contributed by atoms with Gasteiger partial charge in [-0.05, 0) is 50.5 Å². The Balaban J connectivity index is 1.56. The third kappa shape index (κ3) is 4.57. The van der Waals surface area contributed by atoms with E-state index in [2.05, 4.69) is 15.3 Å². The Hall–Kier alpha value is -3.16. The molecule has 0 aliphatic rings. The smallest absolute Gasteiger partial charge is 0.360 e. The average molecular weight is 385 g/mol. The van der Waals surface area contributed by atoms with Crippen molar-refractivity contribution in [1.82, 2.24) is 15.3 Å². The molecular formula is C20H23N3O5. The van der Waals surface area contributed by atoms with Crippen molar-refractivity contribution in [2.75, 3.05) is 13.2 Å². The van der Waals surface area contributed by atoms with Gasteiger partial charge < -0.3 is 18.5 Å². The molecule has 0 saturated heterocycles. The highest BCUT2D eigenvalue weighted by Crippen LogP contribution is 2.29. The molecule has 3 rings (SSSR count). The number of aryl methyl sites for hydroxylation is 4. The molecule has 0 aliphatic carbocycles. The van der Waals surface area contributed by atoms with Crippen molar-refractivity contribution in [2.45, 2.75) is 40.5 Å². The number of carbonyl (C=O) groups excluding carboxylic acids is 1. The van der Waals surface area contributed by atoms with Crippen LogP contribution in [-0.4, -0.2) is 34.5 Å². The lowest BCUT2D eigenvalue weighted by Crippen LogP contribution is -2.04. The van der Waals surface area contributed by atoms with Crippen LogP contribution in [-0.2, 0) is 11.2 Å². The van der Waals surface area contributed by atoms with Crippen molar-refractivity contribution >= 4 is 5.97 Å². The number of aromatic nitrogens is 3. The predicted molar refractivity (Wildman–Crippen MR) is 100 cm³/mol. The van der Waals surface area contributed by atoms with E-state index >= 15 is 0 Å². The molecule has 8 heteroatoms. The fourth-order valence-electron chi connectivity index (χ4n) is 2.88. The van der Waals surface area contributed by atoms with E-state index in [4.69, 9.17) is 18.5 Å². The lowest BCUT2D eigenvalue weighted by atomic mass is 10.1. The van der Waals surface area contributed by atoms with Gasteiger partial charge in [-0.25, -0.2) is 4.79 Å². The van der Waals surface area contributed by atoms with Crippen LogP contribution in [0.1, 0.15) is 46.6 Å². The summed E-state index contributed by atoms with van der Waals surface area (Å²) in [5.74, 6) is 2.09. The van der Waals surface area contributed by atoms with Crippen LogP contribution >= 0.6 is 0 Å². The van der Waals surface area contributed by atoms with Gasteiger partial charge in [-0.15, -0.1) is 0 Å². The summed E-state index contributed by atoms with van der Waals surface area (Å²) in [4.78, 5) is 15.9. The Bertz CT molecular complexity index is 937. The minimum Gasteiger partial charge on any atom is -0.493 e. The fourth-order valence-corrected chi connectivity index (χ4v) is 2.88. The van der Waals surface area contributed by atoms with Crippen LogP contribution in [0.25, 0.3) is 11.4 Å². The van der Waals surface area contributed by atoms with E-state index in [1.54, 1.807) is 19.9 Å². The van der Waals surface area contributed by atoms with E-state index in [-0.39, 0.29) is 5.69 Å². The van der Waals surface area contributed by atoms with Crippen LogP contribution in [0, 0.1) is 20.8 Å². The second-order valence-corrected chi connectivity index (χ2v) is 6.43. The molecule has 28 heavy (non-hydrogen) atoms. The molecular weight excluding hydrogens is 362 g/mol. The number of hydrogen-bond acceptors (Lipinski definition) is 8. The highest BCUT2D eigenvalue weighted by molar-refractivity contribution is 5.87. The quantitative estimate of drug-likeness (QED) is 0.426. The lowest BCUT2D eigenvalue weighted by molar-refractivity contribution is 0.0514. The van der Waals surface area contributed by atoms with Crippen LogP contribution in [0.3, 0.4) is 0 Å². The summed E-state index contributed by atoms with van der Waals surface area (Å²) >= 11 is 0. The molecule has 0 saturated carbocycles. The molecule has 0 bridgehead atoms. The maximum Gasteiger partial charge on any atom is 0.360 e. The van der Waals surface area contributed by atoms with Gasteiger partial charge in [0.15, 0.2) is 5.69 Å². The van der Waals surface area contributed by atoms with Crippen molar-refractivity contribution in [2.24, 2.45) is 0 Å². The summed E-state index contributed by atoms with van der Waals surface area (Å²) in [5, 5.41) is 7.69. The van der Waals surface area contributed by atoms with Gasteiger partial charge in [0.25, 0.3) is 0 Å². The van der Waals surface area contributed by atoms with E-state index in [1.807, 2.05) is 26.0 Å². The van der Waals surface area contributed by atoms with Gasteiger partial charge >= 0.3 is 5.97 Å². The number of ether oxygens (including phenoxy) is 2. The molecule has 0 fully saturated rings. The summed E-state index contributed by atoms with van der Waals surface area (Å²) in [7, 11) is 0. The van der Waals surface area contributed by atoms with Gasteiger partial charge in [0.1, 0.15) is 11.5 Å². The van der Waals surface area contributed by atoms with E-state index in [0.717, 1.165) is 28.9 Å². The number of esters is 1. The Labute approximate surface area is 162 Å². The lowest BCUT2D eigenvalue weighted by Gasteiger charge is -2.13. The van der Waals surface area contributed by atoms with E-state index in [1.165, 1.54) is 0 Å². The van der Waals surface area contributed by atoms with Gasteiger partial charge in [0.05, 0.1) is 13.2 Å². The molecule has 1 aromatic carbocycles. The molecule has 0 atom stereocenters. The van der Waals surface area contributed by atoms with E-state index < -0.39 is 5.97 Å². The first-order valence-corrected chi connectivity index (χ1v) is 9.15. The zero-order chi connectivity index (χ0) is 20.1. The standard InChI is InChI=1S/C20H23N3O5/c1-5-25-20(24)17-11-16(28-22-17)7-6-8-26-18-12(2)9-15(10-13(18)3)19-21-14(4)27-23-19/h9-11H,5-8H2,1-4H3. The molecule has 2 heterocycles. The first-order valence-electron chi connectivity index (χ1n) is 9.15. The van der Waals surface area contributed by atoms with Crippen LogP contribution in [0.15, 0.2) is 27.2 Å². The van der Waals surface area contributed by atoms with Gasteiger partial charge in [-0.2, -0.15) is 4.98 Å². The van der Waals surface area contributed by atoms with Crippen molar-refractivity contribution in [3.63, 3.8) is 0 Å². The maximum absolute atomic E-state index is 11.6. The Morgan fingerprint density at radius 2 is 1.82 bits per heavy atom. The molecule has 0 spiro atoms. The molecule has 0 unspecified atom stereocenters. The summed E-state index contributed by atoms with van der Waals surface area (Å²) in [6.07, 6.45) is 1.34. The Kier molecular flexibility index (Phi) is 6.08. The number of hydrogen-bond donors (Lipinski definition) is 0. The fraction of sp³-hybridized carbons (Fsp3) is 0.400. The highest BCUT2D eigenvalue weighted by Gasteiger charge is 2.14. The summed E-state index contributed by atoms with van der Waals surface area (Å²) in [6, 6.07) is 5.57. The minimum absolute atomic E-state index is 0.191. The molecule has 0 N–H and O–H groups in total. The zero-order valence-corrected chi connectivity index (χ0v) is 16.4. The molecule has 148 valence electrons. The second-order valence-electron chi connectivity index (χ2n) is 6.43.